The number of esters is 1. The summed E-state index contributed by atoms with van der Waals surface area (Å²) in [7, 11) is -1.26. The lowest BCUT2D eigenvalue weighted by molar-refractivity contribution is 0.0474. The minimum atomic E-state index is -3.84. The largest absolute Gasteiger partial charge is 0.495 e. The van der Waals surface area contributed by atoms with Crippen LogP contribution in [0.5, 0.6) is 5.75 Å². The molecular weight excluding hydrogens is 394 g/mol. The van der Waals surface area contributed by atoms with E-state index in [2.05, 4.69) is 4.72 Å². The number of hydrogen-bond donors (Lipinski definition) is 1. The van der Waals surface area contributed by atoms with Crippen LogP contribution in [0.15, 0.2) is 29.2 Å². The van der Waals surface area contributed by atoms with E-state index in [0.29, 0.717) is 5.56 Å². The zero-order valence-electron chi connectivity index (χ0n) is 17.4. The van der Waals surface area contributed by atoms with Crippen LogP contribution in [-0.2, 0) is 14.8 Å². The summed E-state index contributed by atoms with van der Waals surface area (Å²) in [4.78, 5) is 24.8. The fraction of sp³-hybridized carbons (Fsp3) is 0.333. The molecule has 0 saturated carbocycles. The maximum absolute atomic E-state index is 12.6. The highest BCUT2D eigenvalue weighted by molar-refractivity contribution is 7.89. The van der Waals surface area contributed by atoms with Gasteiger partial charge >= 0.3 is 5.97 Å². The standard InChI is InChI=1S/C21H25NO6S/c1-12-9-17(15(4)14(3)13(12)2)18(23)11-28-21(24)16-7-8-19(27-6)20(10-16)29(25,26)22-5/h7-10,22H,11H2,1-6H3. The lowest BCUT2D eigenvalue weighted by atomic mass is 9.93. The van der Waals surface area contributed by atoms with Crippen molar-refractivity contribution in [3.05, 3.63) is 57.6 Å². The topological polar surface area (TPSA) is 98.8 Å². The average molecular weight is 419 g/mol. The second-order valence-electron chi connectivity index (χ2n) is 6.69. The molecule has 0 aliphatic rings. The third kappa shape index (κ3) is 4.65. The summed E-state index contributed by atoms with van der Waals surface area (Å²) in [5.41, 5.74) is 4.48. The van der Waals surface area contributed by atoms with E-state index in [9.17, 15) is 18.0 Å². The summed E-state index contributed by atoms with van der Waals surface area (Å²) in [6.45, 7) is 7.27. The Morgan fingerprint density at radius 1 is 1.00 bits per heavy atom. The van der Waals surface area contributed by atoms with Crippen LogP contribution in [0.2, 0.25) is 0 Å². The van der Waals surface area contributed by atoms with Gasteiger partial charge in [0.2, 0.25) is 15.8 Å². The van der Waals surface area contributed by atoms with Gasteiger partial charge in [-0.3, -0.25) is 4.79 Å². The molecule has 0 unspecified atom stereocenters. The summed E-state index contributed by atoms with van der Waals surface area (Å²) in [6.07, 6.45) is 0. The first-order chi connectivity index (χ1) is 13.5. The quantitative estimate of drug-likeness (QED) is 0.547. The molecule has 29 heavy (non-hydrogen) atoms. The number of Topliss-reactive ketones (excluding diaryl/α,β-unsaturated/α-hetero) is 1. The van der Waals surface area contributed by atoms with Gasteiger partial charge in [0.05, 0.1) is 12.7 Å². The lowest BCUT2D eigenvalue weighted by Crippen LogP contribution is -2.20. The molecule has 0 atom stereocenters. The smallest absolute Gasteiger partial charge is 0.338 e. The van der Waals surface area contributed by atoms with Gasteiger partial charge in [-0.1, -0.05) is 0 Å². The Hall–Kier alpha value is -2.71. The van der Waals surface area contributed by atoms with E-state index in [1.807, 2.05) is 27.7 Å². The number of sulfonamides is 1. The van der Waals surface area contributed by atoms with Crippen LogP contribution < -0.4 is 9.46 Å². The van der Waals surface area contributed by atoms with Crippen LogP contribution in [0, 0.1) is 27.7 Å². The van der Waals surface area contributed by atoms with Crippen molar-refractivity contribution in [1.29, 1.82) is 0 Å². The van der Waals surface area contributed by atoms with E-state index in [-0.39, 0.29) is 22.0 Å². The van der Waals surface area contributed by atoms with Crippen molar-refractivity contribution in [2.75, 3.05) is 20.8 Å². The maximum Gasteiger partial charge on any atom is 0.338 e. The minimum absolute atomic E-state index is 0.000383. The summed E-state index contributed by atoms with van der Waals surface area (Å²) >= 11 is 0. The highest BCUT2D eigenvalue weighted by Gasteiger charge is 2.22. The Kier molecular flexibility index (Phi) is 6.81. The van der Waals surface area contributed by atoms with Crippen LogP contribution in [-0.4, -0.2) is 40.9 Å². The molecule has 8 heteroatoms. The molecule has 0 heterocycles. The molecule has 0 aliphatic carbocycles. The van der Waals surface area contributed by atoms with Gasteiger partial charge in [0.1, 0.15) is 10.6 Å². The van der Waals surface area contributed by atoms with E-state index >= 15 is 0 Å². The first-order valence-corrected chi connectivity index (χ1v) is 10.4. The first kappa shape index (κ1) is 22.6. The molecule has 0 saturated heterocycles. The molecule has 0 amide bonds. The van der Waals surface area contributed by atoms with Crippen molar-refractivity contribution >= 4 is 21.8 Å². The summed E-state index contributed by atoms with van der Waals surface area (Å²) < 4.78 is 36.6. The highest BCUT2D eigenvalue weighted by atomic mass is 32.2. The van der Waals surface area contributed by atoms with Gasteiger partial charge in [-0.25, -0.2) is 17.9 Å². The fourth-order valence-corrected chi connectivity index (χ4v) is 3.84. The first-order valence-electron chi connectivity index (χ1n) is 8.92. The molecule has 2 aromatic carbocycles. The Morgan fingerprint density at radius 2 is 1.66 bits per heavy atom. The molecule has 2 aromatic rings. The normalized spacial score (nSPS) is 11.2. The summed E-state index contributed by atoms with van der Waals surface area (Å²) in [5.74, 6) is -1.03. The van der Waals surface area contributed by atoms with Gasteiger partial charge < -0.3 is 9.47 Å². The third-order valence-electron chi connectivity index (χ3n) is 5.07. The van der Waals surface area contributed by atoms with E-state index in [0.717, 1.165) is 28.3 Å². The van der Waals surface area contributed by atoms with E-state index in [4.69, 9.17) is 9.47 Å². The van der Waals surface area contributed by atoms with Crippen molar-refractivity contribution in [3.63, 3.8) is 0 Å². The van der Waals surface area contributed by atoms with E-state index in [1.54, 1.807) is 6.07 Å². The fourth-order valence-electron chi connectivity index (χ4n) is 2.92. The predicted molar refractivity (Wildman–Crippen MR) is 109 cm³/mol. The van der Waals surface area contributed by atoms with Crippen LogP contribution in [0.1, 0.15) is 43.0 Å². The zero-order valence-corrected chi connectivity index (χ0v) is 18.2. The number of hydrogen-bond acceptors (Lipinski definition) is 6. The molecule has 0 fully saturated rings. The SMILES string of the molecule is CNS(=O)(=O)c1cc(C(=O)OCC(=O)c2cc(C)c(C)c(C)c2C)ccc1OC. The predicted octanol–water partition coefficient (Wildman–Crippen LogP) is 2.88. The molecule has 1 N–H and O–H groups in total. The van der Waals surface area contributed by atoms with Crippen molar-refractivity contribution in [1.82, 2.24) is 4.72 Å². The Balaban J connectivity index is 2.24. The van der Waals surface area contributed by atoms with Crippen LogP contribution in [0.3, 0.4) is 0 Å². The third-order valence-corrected chi connectivity index (χ3v) is 6.51. The number of ether oxygens (including phenoxy) is 2. The number of nitrogens with one attached hydrogen (secondary N) is 1. The summed E-state index contributed by atoms with van der Waals surface area (Å²) in [6, 6.07) is 5.69. The molecule has 0 radical (unpaired) electrons. The van der Waals surface area contributed by atoms with Gasteiger partial charge in [-0.05, 0) is 81.3 Å². The Labute approximate surface area is 171 Å². The van der Waals surface area contributed by atoms with Crippen molar-refractivity contribution in [3.8, 4) is 5.75 Å². The molecule has 0 aliphatic heterocycles. The second-order valence-corrected chi connectivity index (χ2v) is 8.54. The van der Waals surface area contributed by atoms with Crippen molar-refractivity contribution in [2.45, 2.75) is 32.6 Å². The molecule has 0 spiro atoms. The van der Waals surface area contributed by atoms with Crippen LogP contribution in [0.4, 0.5) is 0 Å². The molecule has 7 nitrogen and oxygen atoms in total. The Bertz CT molecular complexity index is 1070. The second kappa shape index (κ2) is 8.75. The maximum atomic E-state index is 12.6. The van der Waals surface area contributed by atoms with Gasteiger partial charge in [-0.15, -0.1) is 0 Å². The van der Waals surface area contributed by atoms with Crippen LogP contribution in [0.25, 0.3) is 0 Å². The van der Waals surface area contributed by atoms with E-state index < -0.39 is 22.6 Å². The zero-order chi connectivity index (χ0) is 21.9. The summed E-state index contributed by atoms with van der Waals surface area (Å²) in [5, 5.41) is 0. The number of carbonyl (C=O) groups is 2. The van der Waals surface area contributed by atoms with Gasteiger partial charge in [0.25, 0.3) is 0 Å². The molecule has 2 rings (SSSR count). The van der Waals surface area contributed by atoms with Crippen molar-refractivity contribution in [2.24, 2.45) is 0 Å². The monoisotopic (exact) mass is 419 g/mol. The number of benzene rings is 2. The number of carbonyl (C=O) groups excluding carboxylic acids is 2. The number of ketones is 1. The van der Waals surface area contributed by atoms with Crippen LogP contribution >= 0.6 is 0 Å². The molecule has 156 valence electrons. The Morgan fingerprint density at radius 3 is 2.24 bits per heavy atom. The number of methoxy groups -OCH3 is 1. The highest BCUT2D eigenvalue weighted by Crippen LogP contribution is 2.25. The lowest BCUT2D eigenvalue weighted by Gasteiger charge is -2.14. The minimum Gasteiger partial charge on any atom is -0.495 e. The number of aryl methyl sites for hydroxylation is 1. The van der Waals surface area contributed by atoms with E-state index in [1.165, 1.54) is 26.3 Å². The number of rotatable bonds is 7. The molecular formula is C21H25NO6S. The van der Waals surface area contributed by atoms with Gasteiger partial charge in [0, 0.05) is 5.56 Å². The average Bonchev–Trinajstić information content (AvgIpc) is 2.72. The molecule has 0 aromatic heterocycles. The van der Waals surface area contributed by atoms with Gasteiger partial charge in [-0.2, -0.15) is 0 Å². The molecule has 0 bridgehead atoms. The van der Waals surface area contributed by atoms with Crippen molar-refractivity contribution < 1.29 is 27.5 Å². The van der Waals surface area contributed by atoms with Gasteiger partial charge in [0.15, 0.2) is 6.61 Å².